The molecule has 0 radical (unpaired) electrons. The quantitative estimate of drug-likeness (QED) is 0.577. The molecule has 2 aromatic carbocycles. The fourth-order valence-corrected chi connectivity index (χ4v) is 3.93. The summed E-state index contributed by atoms with van der Waals surface area (Å²) in [5, 5.41) is 4.09. The zero-order valence-corrected chi connectivity index (χ0v) is 17.3. The predicted molar refractivity (Wildman–Crippen MR) is 112 cm³/mol. The van der Waals surface area contributed by atoms with E-state index in [9.17, 15) is 13.2 Å². The van der Waals surface area contributed by atoms with Crippen molar-refractivity contribution in [2.45, 2.75) is 17.9 Å². The van der Waals surface area contributed by atoms with Gasteiger partial charge in [0.2, 0.25) is 10.0 Å². The van der Waals surface area contributed by atoms with Gasteiger partial charge in [0, 0.05) is 45.1 Å². The highest BCUT2D eigenvalue weighted by Gasteiger charge is 2.13. The number of sulfonamides is 1. The lowest BCUT2D eigenvalue weighted by atomic mass is 10.0. The Morgan fingerprint density at radius 2 is 1.66 bits per heavy atom. The Hall–Kier alpha value is -2.97. The van der Waals surface area contributed by atoms with E-state index in [4.69, 9.17) is 0 Å². The van der Waals surface area contributed by atoms with E-state index in [0.29, 0.717) is 25.1 Å². The number of hydrogen-bond acceptors (Lipinski definition) is 4. The smallest absolute Gasteiger partial charge is 0.253 e. The summed E-state index contributed by atoms with van der Waals surface area (Å²) in [6, 6.07) is 15.8. The number of aryl methyl sites for hydroxylation is 1. The number of nitrogens with zero attached hydrogens (tertiary/aromatic N) is 3. The Morgan fingerprint density at radius 1 is 1.03 bits per heavy atom. The molecule has 1 amide bonds. The van der Waals surface area contributed by atoms with Gasteiger partial charge >= 0.3 is 0 Å². The molecular formula is C21H24N4O3S. The number of rotatable bonds is 8. The largest absolute Gasteiger partial charge is 0.345 e. The fraction of sp³-hybridized carbons (Fsp3) is 0.238. The molecule has 1 heterocycles. The molecule has 3 rings (SSSR count). The van der Waals surface area contributed by atoms with Gasteiger partial charge in [0.1, 0.15) is 0 Å². The van der Waals surface area contributed by atoms with Gasteiger partial charge in [-0.1, -0.05) is 24.3 Å². The second kappa shape index (κ2) is 9.02. The zero-order valence-electron chi connectivity index (χ0n) is 16.4. The highest BCUT2D eigenvalue weighted by atomic mass is 32.2. The normalized spacial score (nSPS) is 11.4. The number of aromatic nitrogens is 2. The summed E-state index contributed by atoms with van der Waals surface area (Å²) in [6.07, 6.45) is 4.19. The third-order valence-electron chi connectivity index (χ3n) is 4.45. The third kappa shape index (κ3) is 5.30. The van der Waals surface area contributed by atoms with E-state index in [1.807, 2.05) is 24.4 Å². The van der Waals surface area contributed by atoms with Gasteiger partial charge in [-0.2, -0.15) is 5.10 Å². The zero-order chi connectivity index (χ0) is 20.9. The molecule has 0 aliphatic carbocycles. The summed E-state index contributed by atoms with van der Waals surface area (Å²) in [4.78, 5) is 13.7. The number of nitrogens with one attached hydrogen (secondary N) is 1. The molecule has 3 aromatic rings. The van der Waals surface area contributed by atoms with Crippen LogP contribution in [0.1, 0.15) is 16.8 Å². The van der Waals surface area contributed by atoms with Crippen LogP contribution in [-0.2, 0) is 16.6 Å². The lowest BCUT2D eigenvalue weighted by molar-refractivity contribution is 0.0827. The van der Waals surface area contributed by atoms with Crippen molar-refractivity contribution in [3.8, 4) is 11.1 Å². The summed E-state index contributed by atoms with van der Waals surface area (Å²) in [6.45, 7) is 0.992. The molecule has 29 heavy (non-hydrogen) atoms. The Morgan fingerprint density at radius 3 is 2.21 bits per heavy atom. The summed E-state index contributed by atoms with van der Waals surface area (Å²) >= 11 is 0. The first-order valence-corrected chi connectivity index (χ1v) is 10.7. The highest BCUT2D eigenvalue weighted by Crippen LogP contribution is 2.22. The summed E-state index contributed by atoms with van der Waals surface area (Å²) in [5.41, 5.74) is 2.40. The van der Waals surface area contributed by atoms with Crippen molar-refractivity contribution < 1.29 is 13.2 Å². The first-order valence-electron chi connectivity index (χ1n) is 9.26. The van der Waals surface area contributed by atoms with Gasteiger partial charge in [-0.3, -0.25) is 9.48 Å². The molecular weight excluding hydrogens is 388 g/mol. The van der Waals surface area contributed by atoms with Crippen molar-refractivity contribution in [3.05, 3.63) is 72.6 Å². The Balaban J connectivity index is 1.62. The van der Waals surface area contributed by atoms with Crippen molar-refractivity contribution in [2.24, 2.45) is 0 Å². The van der Waals surface area contributed by atoms with Crippen LogP contribution in [0.3, 0.4) is 0 Å². The molecule has 1 aromatic heterocycles. The van der Waals surface area contributed by atoms with Crippen LogP contribution in [0.25, 0.3) is 11.1 Å². The third-order valence-corrected chi connectivity index (χ3v) is 5.93. The molecule has 0 saturated heterocycles. The molecule has 0 fully saturated rings. The van der Waals surface area contributed by atoms with Gasteiger partial charge in [-0.15, -0.1) is 0 Å². The van der Waals surface area contributed by atoms with Crippen LogP contribution in [0.2, 0.25) is 0 Å². The number of carbonyl (C=O) groups is 1. The van der Waals surface area contributed by atoms with E-state index in [1.54, 1.807) is 61.4 Å². The Labute approximate surface area is 171 Å². The van der Waals surface area contributed by atoms with Crippen LogP contribution in [0.4, 0.5) is 0 Å². The minimum Gasteiger partial charge on any atom is -0.345 e. The maximum absolute atomic E-state index is 12.4. The lowest BCUT2D eigenvalue weighted by Crippen LogP contribution is -2.25. The van der Waals surface area contributed by atoms with Gasteiger partial charge in [0.15, 0.2) is 0 Å². The van der Waals surface area contributed by atoms with E-state index in [-0.39, 0.29) is 10.8 Å². The van der Waals surface area contributed by atoms with Crippen molar-refractivity contribution in [2.75, 3.05) is 20.6 Å². The molecule has 0 spiro atoms. The first-order chi connectivity index (χ1) is 13.9. The predicted octanol–water partition coefficient (Wildman–Crippen LogP) is 2.62. The number of benzene rings is 2. The first kappa shape index (κ1) is 20.8. The topological polar surface area (TPSA) is 84.3 Å². The van der Waals surface area contributed by atoms with Crippen LogP contribution in [-0.4, -0.2) is 49.6 Å². The van der Waals surface area contributed by atoms with Gasteiger partial charge in [0.25, 0.3) is 5.91 Å². The van der Waals surface area contributed by atoms with Crippen LogP contribution in [0, 0.1) is 0 Å². The summed E-state index contributed by atoms with van der Waals surface area (Å²) in [7, 11) is -0.139. The molecule has 0 aliphatic rings. The molecule has 0 atom stereocenters. The molecule has 8 heteroatoms. The molecule has 0 unspecified atom stereocenters. The van der Waals surface area contributed by atoms with Gasteiger partial charge < -0.3 is 4.90 Å². The lowest BCUT2D eigenvalue weighted by Gasteiger charge is -2.11. The van der Waals surface area contributed by atoms with Crippen LogP contribution < -0.4 is 4.72 Å². The van der Waals surface area contributed by atoms with Gasteiger partial charge in [0.05, 0.1) is 4.90 Å². The van der Waals surface area contributed by atoms with Crippen molar-refractivity contribution in [1.82, 2.24) is 19.4 Å². The average Bonchev–Trinajstić information content (AvgIpc) is 3.24. The van der Waals surface area contributed by atoms with E-state index in [0.717, 1.165) is 11.1 Å². The molecule has 1 N–H and O–H groups in total. The van der Waals surface area contributed by atoms with E-state index in [1.165, 1.54) is 4.90 Å². The second-order valence-corrected chi connectivity index (χ2v) is 8.59. The van der Waals surface area contributed by atoms with E-state index in [2.05, 4.69) is 9.82 Å². The molecule has 152 valence electrons. The number of hydrogen-bond donors (Lipinski definition) is 1. The molecule has 0 bridgehead atoms. The molecule has 0 aliphatic heterocycles. The van der Waals surface area contributed by atoms with Crippen molar-refractivity contribution >= 4 is 15.9 Å². The van der Waals surface area contributed by atoms with Gasteiger partial charge in [-0.05, 0) is 47.9 Å². The average molecular weight is 413 g/mol. The van der Waals surface area contributed by atoms with Gasteiger partial charge in [-0.25, -0.2) is 13.1 Å². The van der Waals surface area contributed by atoms with Crippen LogP contribution in [0.15, 0.2) is 71.9 Å². The van der Waals surface area contributed by atoms with E-state index < -0.39 is 10.0 Å². The summed E-state index contributed by atoms with van der Waals surface area (Å²) in [5.74, 6) is -0.0587. The maximum Gasteiger partial charge on any atom is 0.253 e. The molecule has 7 nitrogen and oxygen atoms in total. The minimum atomic E-state index is -3.56. The minimum absolute atomic E-state index is 0.0587. The second-order valence-electron chi connectivity index (χ2n) is 6.82. The monoisotopic (exact) mass is 412 g/mol. The standard InChI is InChI=1S/C21H24N4O3S/c1-24(2)21(26)19-7-5-17(6-8-19)18-9-11-20(12-10-18)29(27,28)23-14-4-16-25-15-3-13-22-25/h3,5-13,15,23H,4,14,16H2,1-2H3. The Kier molecular flexibility index (Phi) is 6.46. The SMILES string of the molecule is CN(C)C(=O)c1ccc(-c2ccc(S(=O)(=O)NCCCn3cccn3)cc2)cc1. The van der Waals surface area contributed by atoms with Crippen molar-refractivity contribution in [1.29, 1.82) is 0 Å². The maximum atomic E-state index is 12.4. The molecule has 0 saturated carbocycles. The van der Waals surface area contributed by atoms with Crippen molar-refractivity contribution in [3.63, 3.8) is 0 Å². The van der Waals surface area contributed by atoms with Crippen LogP contribution in [0.5, 0.6) is 0 Å². The highest BCUT2D eigenvalue weighted by molar-refractivity contribution is 7.89. The van der Waals surface area contributed by atoms with Crippen LogP contribution >= 0.6 is 0 Å². The number of carbonyl (C=O) groups excluding carboxylic acids is 1. The fourth-order valence-electron chi connectivity index (χ4n) is 2.85. The number of amides is 1. The van der Waals surface area contributed by atoms with E-state index >= 15 is 0 Å². The summed E-state index contributed by atoms with van der Waals surface area (Å²) < 4.78 is 29.3. The Bertz CT molecular complexity index is 1040.